The van der Waals surface area contributed by atoms with Crippen LogP contribution in [0.25, 0.3) is 0 Å². The normalized spacial score (nSPS) is 51.4. The van der Waals surface area contributed by atoms with E-state index < -0.39 is 60.7 Å². The third-order valence-electron chi connectivity index (χ3n) is 6.81. The molecule has 12 heteroatoms. The molecule has 0 spiro atoms. The lowest BCUT2D eigenvalue weighted by molar-refractivity contribution is -0.307. The van der Waals surface area contributed by atoms with Crippen molar-refractivity contribution in [3.63, 3.8) is 0 Å². The topological polar surface area (TPSA) is 214 Å². The Kier molecular flexibility index (Phi) is 8.51. The Hall–Kier alpha value is -0.480. The Balaban J connectivity index is 1.69. The van der Waals surface area contributed by atoms with Gasteiger partial charge in [0.05, 0.1) is 24.8 Å². The molecule has 1 aliphatic carbocycles. The van der Waals surface area contributed by atoms with E-state index in [-0.39, 0.29) is 24.8 Å². The first-order valence-corrected chi connectivity index (χ1v) is 11.3. The average Bonchev–Trinajstić information content (AvgIpc) is 2.71. The quantitative estimate of drug-likeness (QED) is 0.192. The Labute approximate surface area is 188 Å². The highest BCUT2D eigenvalue weighted by atomic mass is 16.7. The second-order valence-electron chi connectivity index (χ2n) is 9.69. The minimum Gasteiger partial charge on any atom is -0.388 e. The van der Waals surface area contributed by atoms with Gasteiger partial charge in [-0.2, -0.15) is 0 Å². The van der Waals surface area contributed by atoms with Crippen molar-refractivity contribution >= 4 is 0 Å². The maximum Gasteiger partial charge on any atom is 0.185 e. The first-order valence-electron chi connectivity index (χ1n) is 11.3. The second-order valence-corrected chi connectivity index (χ2v) is 9.69. The third-order valence-corrected chi connectivity index (χ3v) is 6.81. The molecule has 0 radical (unpaired) electrons. The van der Waals surface area contributed by atoms with Gasteiger partial charge in [0.25, 0.3) is 0 Å². The number of ether oxygens (including phenoxy) is 4. The summed E-state index contributed by atoms with van der Waals surface area (Å²) in [5, 5.41) is 35.0. The summed E-state index contributed by atoms with van der Waals surface area (Å²) in [6.45, 7) is 3.34. The van der Waals surface area contributed by atoms with E-state index in [1.165, 1.54) is 0 Å². The predicted molar refractivity (Wildman–Crippen MR) is 115 cm³/mol. The van der Waals surface area contributed by atoms with Crippen LogP contribution in [0.3, 0.4) is 0 Å². The number of hydrogen-bond donors (Lipinski definition) is 8. The molecule has 12 nitrogen and oxygen atoms in total. The van der Waals surface area contributed by atoms with E-state index in [9.17, 15) is 15.3 Å². The highest BCUT2D eigenvalue weighted by Gasteiger charge is 2.50. The minimum atomic E-state index is -1.29. The van der Waals surface area contributed by atoms with Gasteiger partial charge in [-0.05, 0) is 40.2 Å². The van der Waals surface area contributed by atoms with Crippen molar-refractivity contribution in [3.05, 3.63) is 0 Å². The molecule has 1 saturated carbocycles. The SMILES string of the molecule is CNC1C(O)[C@@H](O[C@@H]2C(O)C(O[C@H]3O[C@H]([C@@H](C)N)CCC3N)[C@@H](N)C[C@H]2N)OC[C@]1(C)O. The summed E-state index contributed by atoms with van der Waals surface area (Å²) in [5.41, 5.74) is 23.3. The van der Waals surface area contributed by atoms with E-state index in [2.05, 4.69) is 5.32 Å². The second kappa shape index (κ2) is 10.4. The molecule has 188 valence electrons. The minimum absolute atomic E-state index is 0.0683. The van der Waals surface area contributed by atoms with Crippen molar-refractivity contribution in [2.45, 2.75) is 112 Å². The standard InChI is InChI=1S/C20H41N5O7/c1-8(21)12-5-4-9(22)18(30-12)31-15-10(23)6-11(24)16(13(15)26)32-19-14(27)17(25-3)20(2,28)7-29-19/h8-19,25-28H,4-7,21-24H2,1-3H3/t8-,9?,10+,11-,12+,13?,14?,15?,16+,17?,18-,19-,20+/m1/s1. The van der Waals surface area contributed by atoms with Crippen LogP contribution in [0, 0.1) is 0 Å². The van der Waals surface area contributed by atoms with Crippen molar-refractivity contribution in [3.8, 4) is 0 Å². The van der Waals surface area contributed by atoms with Crippen LogP contribution in [0.2, 0.25) is 0 Å². The third kappa shape index (κ3) is 5.43. The van der Waals surface area contributed by atoms with Crippen LogP contribution in [0.5, 0.6) is 0 Å². The van der Waals surface area contributed by atoms with Gasteiger partial charge in [-0.15, -0.1) is 0 Å². The van der Waals surface area contributed by atoms with Crippen LogP contribution in [-0.2, 0) is 18.9 Å². The molecule has 12 N–H and O–H groups in total. The number of aliphatic hydroxyl groups is 3. The van der Waals surface area contributed by atoms with Gasteiger partial charge < -0.3 is 62.5 Å². The molecule has 0 bridgehead atoms. The largest absolute Gasteiger partial charge is 0.388 e. The van der Waals surface area contributed by atoms with Crippen molar-refractivity contribution < 1.29 is 34.3 Å². The Morgan fingerprint density at radius 3 is 2.16 bits per heavy atom. The molecule has 3 fully saturated rings. The Morgan fingerprint density at radius 2 is 1.59 bits per heavy atom. The van der Waals surface area contributed by atoms with Crippen molar-refractivity contribution in [1.82, 2.24) is 5.32 Å². The summed E-state index contributed by atoms with van der Waals surface area (Å²) < 4.78 is 23.4. The Bertz CT molecular complexity index is 615. The molecular weight excluding hydrogens is 422 g/mol. The van der Waals surface area contributed by atoms with Crippen LogP contribution < -0.4 is 28.3 Å². The van der Waals surface area contributed by atoms with Crippen LogP contribution in [-0.4, -0.2) is 108 Å². The lowest BCUT2D eigenvalue weighted by Crippen LogP contribution is -2.68. The molecule has 5 unspecified atom stereocenters. The molecule has 2 heterocycles. The molecule has 32 heavy (non-hydrogen) atoms. The smallest absolute Gasteiger partial charge is 0.185 e. The molecule has 0 aromatic heterocycles. The van der Waals surface area contributed by atoms with Crippen LogP contribution >= 0.6 is 0 Å². The summed E-state index contributed by atoms with van der Waals surface area (Å²) >= 11 is 0. The predicted octanol–water partition coefficient (Wildman–Crippen LogP) is -3.59. The molecular formula is C20H41N5O7. The molecule has 3 aliphatic rings. The van der Waals surface area contributed by atoms with E-state index in [1.54, 1.807) is 14.0 Å². The van der Waals surface area contributed by atoms with Gasteiger partial charge >= 0.3 is 0 Å². The summed E-state index contributed by atoms with van der Waals surface area (Å²) in [5.74, 6) is 0. The van der Waals surface area contributed by atoms with Gasteiger partial charge in [0.2, 0.25) is 0 Å². The molecule has 0 aromatic rings. The summed E-state index contributed by atoms with van der Waals surface area (Å²) in [6.07, 6.45) is -4.58. The van der Waals surface area contributed by atoms with E-state index in [0.717, 1.165) is 6.42 Å². The van der Waals surface area contributed by atoms with Gasteiger partial charge in [-0.25, -0.2) is 0 Å². The fourth-order valence-electron chi connectivity index (χ4n) is 4.87. The lowest BCUT2D eigenvalue weighted by atomic mass is 9.84. The fraction of sp³-hybridized carbons (Fsp3) is 1.00. The van der Waals surface area contributed by atoms with Crippen molar-refractivity contribution in [2.75, 3.05) is 13.7 Å². The zero-order valence-electron chi connectivity index (χ0n) is 19.0. The number of rotatable bonds is 6. The van der Waals surface area contributed by atoms with Crippen molar-refractivity contribution in [1.29, 1.82) is 0 Å². The first kappa shape index (κ1) is 26.1. The fourth-order valence-corrected chi connectivity index (χ4v) is 4.87. The summed E-state index contributed by atoms with van der Waals surface area (Å²) in [7, 11) is 1.62. The summed E-state index contributed by atoms with van der Waals surface area (Å²) in [6, 6.07) is -2.47. The van der Waals surface area contributed by atoms with Gasteiger partial charge in [-0.1, -0.05) is 0 Å². The number of hydrogen-bond acceptors (Lipinski definition) is 12. The van der Waals surface area contributed by atoms with E-state index >= 15 is 0 Å². The first-order chi connectivity index (χ1) is 15.0. The lowest BCUT2D eigenvalue weighted by Gasteiger charge is -2.48. The zero-order chi connectivity index (χ0) is 23.8. The highest BCUT2D eigenvalue weighted by Crippen LogP contribution is 2.31. The molecule has 13 atom stereocenters. The van der Waals surface area contributed by atoms with Crippen LogP contribution in [0.15, 0.2) is 0 Å². The molecule has 3 rings (SSSR count). The molecule has 2 aliphatic heterocycles. The van der Waals surface area contributed by atoms with E-state index in [1.807, 2.05) is 6.92 Å². The number of nitrogens with one attached hydrogen (secondary N) is 1. The van der Waals surface area contributed by atoms with Crippen LogP contribution in [0.4, 0.5) is 0 Å². The molecule has 2 saturated heterocycles. The van der Waals surface area contributed by atoms with Gasteiger partial charge in [-0.3, -0.25) is 0 Å². The number of likely N-dealkylation sites (N-methyl/N-ethyl adjacent to an activating group) is 1. The monoisotopic (exact) mass is 463 g/mol. The van der Waals surface area contributed by atoms with Crippen LogP contribution in [0.1, 0.15) is 33.1 Å². The highest BCUT2D eigenvalue weighted by molar-refractivity contribution is 5.02. The molecule has 0 amide bonds. The van der Waals surface area contributed by atoms with Gasteiger partial charge in [0.15, 0.2) is 12.6 Å². The zero-order valence-corrected chi connectivity index (χ0v) is 19.0. The Morgan fingerprint density at radius 1 is 1.00 bits per heavy atom. The number of aliphatic hydroxyl groups excluding tert-OH is 2. The van der Waals surface area contributed by atoms with E-state index in [0.29, 0.717) is 12.8 Å². The summed E-state index contributed by atoms with van der Waals surface area (Å²) in [4.78, 5) is 0. The van der Waals surface area contributed by atoms with Gasteiger partial charge in [0, 0.05) is 18.1 Å². The van der Waals surface area contributed by atoms with Crippen molar-refractivity contribution in [2.24, 2.45) is 22.9 Å². The molecule has 0 aromatic carbocycles. The number of nitrogens with two attached hydrogens (primary N) is 4. The van der Waals surface area contributed by atoms with Gasteiger partial charge in [0.1, 0.15) is 30.0 Å². The average molecular weight is 464 g/mol. The maximum absolute atomic E-state index is 11.1. The maximum atomic E-state index is 11.1. The van der Waals surface area contributed by atoms with E-state index in [4.69, 9.17) is 41.9 Å².